The molecule has 0 saturated heterocycles. The fourth-order valence-electron chi connectivity index (χ4n) is 2.56. The van der Waals surface area contributed by atoms with Gasteiger partial charge in [-0.3, -0.25) is 9.59 Å². The highest BCUT2D eigenvalue weighted by Crippen LogP contribution is 2.39. The molecule has 1 amide bonds. The third-order valence-corrected chi connectivity index (χ3v) is 3.72. The van der Waals surface area contributed by atoms with Gasteiger partial charge in [0, 0.05) is 18.7 Å². The smallest absolute Gasteiger partial charge is 0.307 e. The molecule has 0 radical (unpaired) electrons. The Balaban J connectivity index is 3.13. The number of esters is 1. The molecule has 0 bridgehead atoms. The van der Waals surface area contributed by atoms with Gasteiger partial charge in [0.25, 0.3) is 5.91 Å². The molecule has 152 valence electrons. The molecule has 0 unspecified atom stereocenters. The molecule has 1 aromatic rings. The highest BCUT2D eigenvalue weighted by atomic mass is 16.5. The SMILES string of the molecule is CCOC(=O)CCN(CC)C(=O)c1cc(OCC)c(OCC)c(OCC)c1. The topological polar surface area (TPSA) is 74.3 Å². The van der Waals surface area contributed by atoms with E-state index in [1.165, 1.54) is 0 Å². The van der Waals surface area contributed by atoms with Crippen molar-refractivity contribution in [2.45, 2.75) is 41.0 Å². The molecule has 0 spiro atoms. The van der Waals surface area contributed by atoms with E-state index in [1.807, 2.05) is 27.7 Å². The Hall–Kier alpha value is -2.44. The Morgan fingerprint density at radius 2 is 1.41 bits per heavy atom. The standard InChI is InChI=1S/C20H31NO6/c1-6-21(12-11-18(22)26-9-4)20(23)15-13-16(24-7-2)19(27-10-5)17(14-15)25-8-3/h13-14H,6-12H2,1-5H3. The van der Waals surface area contributed by atoms with Gasteiger partial charge in [-0.15, -0.1) is 0 Å². The van der Waals surface area contributed by atoms with Crippen LogP contribution in [0.3, 0.4) is 0 Å². The number of rotatable bonds is 12. The normalized spacial score (nSPS) is 10.3. The lowest BCUT2D eigenvalue weighted by molar-refractivity contribution is -0.143. The second-order valence-electron chi connectivity index (χ2n) is 5.54. The van der Waals surface area contributed by atoms with E-state index in [9.17, 15) is 9.59 Å². The van der Waals surface area contributed by atoms with Crippen LogP contribution in [0.15, 0.2) is 12.1 Å². The summed E-state index contributed by atoms with van der Waals surface area (Å²) in [5.41, 5.74) is 0.427. The molecule has 0 heterocycles. The molecule has 0 saturated carbocycles. The second kappa shape index (κ2) is 12.0. The van der Waals surface area contributed by atoms with Crippen LogP contribution >= 0.6 is 0 Å². The van der Waals surface area contributed by atoms with E-state index in [2.05, 4.69) is 0 Å². The maximum Gasteiger partial charge on any atom is 0.307 e. The fourth-order valence-corrected chi connectivity index (χ4v) is 2.56. The lowest BCUT2D eigenvalue weighted by Gasteiger charge is -2.22. The summed E-state index contributed by atoms with van der Waals surface area (Å²) < 4.78 is 21.9. The van der Waals surface area contributed by atoms with Crippen molar-refractivity contribution in [1.29, 1.82) is 0 Å². The van der Waals surface area contributed by atoms with Gasteiger partial charge in [0.1, 0.15) is 0 Å². The predicted molar refractivity (Wildman–Crippen MR) is 103 cm³/mol. The first-order valence-electron chi connectivity index (χ1n) is 9.53. The minimum absolute atomic E-state index is 0.154. The Morgan fingerprint density at radius 1 is 0.852 bits per heavy atom. The summed E-state index contributed by atoms with van der Waals surface area (Å²) >= 11 is 0. The molecule has 7 nitrogen and oxygen atoms in total. The molecule has 0 atom stereocenters. The van der Waals surface area contributed by atoms with Crippen molar-refractivity contribution in [1.82, 2.24) is 4.90 Å². The van der Waals surface area contributed by atoms with Gasteiger partial charge in [-0.2, -0.15) is 0 Å². The largest absolute Gasteiger partial charge is 0.490 e. The minimum atomic E-state index is -0.319. The number of nitrogens with zero attached hydrogens (tertiary/aromatic N) is 1. The number of hydrogen-bond acceptors (Lipinski definition) is 6. The van der Waals surface area contributed by atoms with Gasteiger partial charge in [-0.1, -0.05) is 0 Å². The van der Waals surface area contributed by atoms with Crippen molar-refractivity contribution >= 4 is 11.9 Å². The van der Waals surface area contributed by atoms with E-state index >= 15 is 0 Å². The van der Waals surface area contributed by atoms with Gasteiger partial charge < -0.3 is 23.8 Å². The maximum atomic E-state index is 13.0. The lowest BCUT2D eigenvalue weighted by atomic mass is 10.1. The minimum Gasteiger partial charge on any atom is -0.490 e. The van der Waals surface area contributed by atoms with Crippen LogP contribution in [-0.2, 0) is 9.53 Å². The van der Waals surface area contributed by atoms with Crippen LogP contribution in [0.4, 0.5) is 0 Å². The zero-order valence-corrected chi connectivity index (χ0v) is 17.0. The molecule has 0 aromatic heterocycles. The molecular weight excluding hydrogens is 350 g/mol. The average molecular weight is 381 g/mol. The summed E-state index contributed by atoms with van der Waals surface area (Å²) in [6.07, 6.45) is 0.154. The number of benzene rings is 1. The zero-order chi connectivity index (χ0) is 20.2. The first-order valence-corrected chi connectivity index (χ1v) is 9.53. The predicted octanol–water partition coefficient (Wildman–Crippen LogP) is 3.30. The highest BCUT2D eigenvalue weighted by molar-refractivity contribution is 5.95. The van der Waals surface area contributed by atoms with Crippen molar-refractivity contribution in [3.8, 4) is 17.2 Å². The van der Waals surface area contributed by atoms with Crippen LogP contribution in [-0.4, -0.2) is 56.3 Å². The van der Waals surface area contributed by atoms with Crippen molar-refractivity contribution < 1.29 is 28.5 Å². The van der Waals surface area contributed by atoms with E-state index in [0.29, 0.717) is 55.8 Å². The Labute approximate surface area is 161 Å². The van der Waals surface area contributed by atoms with Gasteiger partial charge in [-0.05, 0) is 46.8 Å². The molecule has 0 aliphatic heterocycles. The summed E-state index contributed by atoms with van der Waals surface area (Å²) in [6.45, 7) is 11.6. The fraction of sp³-hybridized carbons (Fsp3) is 0.600. The van der Waals surface area contributed by atoms with Gasteiger partial charge in [-0.25, -0.2) is 0 Å². The molecular formula is C20H31NO6. The van der Waals surface area contributed by atoms with Crippen LogP contribution in [0.5, 0.6) is 17.2 Å². The van der Waals surface area contributed by atoms with Crippen molar-refractivity contribution in [2.24, 2.45) is 0 Å². The van der Waals surface area contributed by atoms with Crippen LogP contribution in [0, 0.1) is 0 Å². The number of ether oxygens (including phenoxy) is 4. The lowest BCUT2D eigenvalue weighted by Crippen LogP contribution is -2.33. The molecule has 1 rings (SSSR count). The quantitative estimate of drug-likeness (QED) is 0.517. The van der Waals surface area contributed by atoms with E-state index < -0.39 is 0 Å². The first-order chi connectivity index (χ1) is 13.0. The van der Waals surface area contributed by atoms with E-state index in [1.54, 1.807) is 24.0 Å². The van der Waals surface area contributed by atoms with Gasteiger partial charge in [0.15, 0.2) is 11.5 Å². The third-order valence-electron chi connectivity index (χ3n) is 3.72. The zero-order valence-electron chi connectivity index (χ0n) is 17.0. The number of hydrogen-bond donors (Lipinski definition) is 0. The summed E-state index contributed by atoms with van der Waals surface area (Å²) in [5, 5.41) is 0. The van der Waals surface area contributed by atoms with Gasteiger partial charge >= 0.3 is 5.97 Å². The average Bonchev–Trinajstić information content (AvgIpc) is 2.65. The van der Waals surface area contributed by atoms with Crippen molar-refractivity contribution in [3.63, 3.8) is 0 Å². The van der Waals surface area contributed by atoms with Crippen LogP contribution < -0.4 is 14.2 Å². The molecule has 0 aliphatic carbocycles. The summed E-state index contributed by atoms with van der Waals surface area (Å²) in [6, 6.07) is 3.32. The van der Waals surface area contributed by atoms with Crippen LogP contribution in [0.2, 0.25) is 0 Å². The van der Waals surface area contributed by atoms with Crippen molar-refractivity contribution in [2.75, 3.05) is 39.5 Å². The Bertz CT molecular complexity index is 589. The molecule has 27 heavy (non-hydrogen) atoms. The van der Waals surface area contributed by atoms with Gasteiger partial charge in [0.05, 0.1) is 32.8 Å². The maximum absolute atomic E-state index is 13.0. The first kappa shape index (κ1) is 22.6. The number of carbonyl (C=O) groups excluding carboxylic acids is 2. The van der Waals surface area contributed by atoms with Crippen LogP contribution in [0.1, 0.15) is 51.4 Å². The van der Waals surface area contributed by atoms with Crippen LogP contribution in [0.25, 0.3) is 0 Å². The third kappa shape index (κ3) is 6.66. The number of amides is 1. The summed E-state index contributed by atoms with van der Waals surface area (Å²) in [4.78, 5) is 26.1. The summed E-state index contributed by atoms with van der Waals surface area (Å²) in [7, 11) is 0. The van der Waals surface area contributed by atoms with Gasteiger partial charge in [0.2, 0.25) is 5.75 Å². The van der Waals surface area contributed by atoms with Crippen molar-refractivity contribution in [3.05, 3.63) is 17.7 Å². The highest BCUT2D eigenvalue weighted by Gasteiger charge is 2.22. The molecule has 0 N–H and O–H groups in total. The molecule has 0 fully saturated rings. The number of carbonyl (C=O) groups is 2. The summed E-state index contributed by atoms with van der Waals surface area (Å²) in [5.74, 6) is 0.907. The van der Waals surface area contributed by atoms with E-state index in [4.69, 9.17) is 18.9 Å². The second-order valence-corrected chi connectivity index (χ2v) is 5.54. The molecule has 1 aromatic carbocycles. The van der Waals surface area contributed by atoms with E-state index in [0.717, 1.165) is 0 Å². The van der Waals surface area contributed by atoms with E-state index in [-0.39, 0.29) is 24.8 Å². The Kier molecular flexibility index (Phi) is 10.1. The monoisotopic (exact) mass is 381 g/mol. The molecule has 0 aliphatic rings. The Morgan fingerprint density at radius 3 is 1.85 bits per heavy atom. The molecule has 7 heteroatoms.